The van der Waals surface area contributed by atoms with E-state index in [2.05, 4.69) is 5.92 Å². The first-order chi connectivity index (χ1) is 4.48. The maximum Gasteiger partial charge on any atom is 0.145 e. The fourth-order valence-corrected chi connectivity index (χ4v) is 0.371. The second kappa shape index (κ2) is 3.60. The first-order valence-corrected chi connectivity index (χ1v) is 3.29. The van der Waals surface area contributed by atoms with E-state index < -0.39 is 5.60 Å². The van der Waals surface area contributed by atoms with Crippen LogP contribution in [0.25, 0.3) is 0 Å². The molecule has 58 valence electrons. The highest BCUT2D eigenvalue weighted by Gasteiger charge is 2.16. The Labute approximate surface area is 62.2 Å². The summed E-state index contributed by atoms with van der Waals surface area (Å²) in [5.41, 5.74) is -1.12. The molecule has 2 nitrogen and oxygen atoms in total. The van der Waals surface area contributed by atoms with Crippen molar-refractivity contribution in [2.24, 2.45) is 0 Å². The molecule has 0 unspecified atom stereocenters. The molecule has 1 atom stereocenters. The summed E-state index contributed by atoms with van der Waals surface area (Å²) < 4.78 is 5.11. The molecule has 0 saturated heterocycles. The Balaban J connectivity index is 3.60. The Morgan fingerprint density at radius 1 is 1.70 bits per heavy atom. The minimum absolute atomic E-state index is 0.111. The summed E-state index contributed by atoms with van der Waals surface area (Å²) in [4.78, 5) is 0. The van der Waals surface area contributed by atoms with Crippen LogP contribution in [-0.4, -0.2) is 23.4 Å². The summed E-state index contributed by atoms with van der Waals surface area (Å²) in [5.74, 6) is 2.23. The lowest BCUT2D eigenvalue weighted by molar-refractivity contribution is -0.0206. The number of ether oxygens (including phenoxy) is 1. The largest absolute Gasteiger partial charge is 0.375 e. The van der Waals surface area contributed by atoms with Crippen LogP contribution in [0.15, 0.2) is 0 Å². The highest BCUT2D eigenvalue weighted by atomic mass is 16.5. The lowest BCUT2D eigenvalue weighted by Gasteiger charge is -2.17. The van der Waals surface area contributed by atoms with E-state index in [0.29, 0.717) is 0 Å². The molecule has 0 heterocycles. The molecule has 0 saturated carbocycles. The van der Waals surface area contributed by atoms with Gasteiger partial charge in [-0.2, -0.15) is 0 Å². The standard InChI is InChI=1S/C8H14O2/c1-5-8(4,9)6-10-7(2)3/h1,7,9H,6H2,2-4H3/t8-/m1/s1. The molecule has 0 spiro atoms. The van der Waals surface area contributed by atoms with Crippen LogP contribution in [0.3, 0.4) is 0 Å². The van der Waals surface area contributed by atoms with Crippen LogP contribution in [0.5, 0.6) is 0 Å². The maximum absolute atomic E-state index is 9.21. The normalized spacial score (nSPS) is 16.4. The van der Waals surface area contributed by atoms with E-state index in [0.717, 1.165) is 0 Å². The molecule has 0 bridgehead atoms. The van der Waals surface area contributed by atoms with Gasteiger partial charge in [0.25, 0.3) is 0 Å². The summed E-state index contributed by atoms with van der Waals surface area (Å²) in [6.07, 6.45) is 5.12. The van der Waals surface area contributed by atoms with Crippen LogP contribution in [0.2, 0.25) is 0 Å². The summed E-state index contributed by atoms with van der Waals surface area (Å²) in [6, 6.07) is 0. The molecule has 0 aliphatic rings. The van der Waals surface area contributed by atoms with Crippen LogP contribution in [-0.2, 0) is 4.74 Å². The molecule has 10 heavy (non-hydrogen) atoms. The van der Waals surface area contributed by atoms with Gasteiger partial charge in [-0.25, -0.2) is 0 Å². The van der Waals surface area contributed by atoms with Gasteiger partial charge in [-0.15, -0.1) is 6.42 Å². The van der Waals surface area contributed by atoms with Gasteiger partial charge in [0.15, 0.2) is 0 Å². The van der Waals surface area contributed by atoms with Crippen molar-refractivity contribution < 1.29 is 9.84 Å². The van der Waals surface area contributed by atoms with Gasteiger partial charge in [0, 0.05) is 0 Å². The minimum atomic E-state index is -1.12. The van der Waals surface area contributed by atoms with E-state index in [1.54, 1.807) is 6.92 Å². The summed E-state index contributed by atoms with van der Waals surface area (Å²) in [6.45, 7) is 5.54. The van der Waals surface area contributed by atoms with Gasteiger partial charge in [0.2, 0.25) is 0 Å². The first-order valence-electron chi connectivity index (χ1n) is 3.29. The van der Waals surface area contributed by atoms with Crippen molar-refractivity contribution in [3.05, 3.63) is 0 Å². The summed E-state index contributed by atoms with van der Waals surface area (Å²) in [7, 11) is 0. The van der Waals surface area contributed by atoms with Crippen molar-refractivity contribution in [3.63, 3.8) is 0 Å². The van der Waals surface area contributed by atoms with Crippen molar-refractivity contribution in [3.8, 4) is 12.3 Å². The monoisotopic (exact) mass is 142 g/mol. The third kappa shape index (κ3) is 4.37. The number of terminal acetylenes is 1. The van der Waals surface area contributed by atoms with E-state index in [1.807, 2.05) is 13.8 Å². The highest BCUT2D eigenvalue weighted by molar-refractivity contribution is 5.04. The highest BCUT2D eigenvalue weighted by Crippen LogP contribution is 2.02. The SMILES string of the molecule is C#C[C@@](C)(O)COC(C)C. The van der Waals surface area contributed by atoms with Crippen molar-refractivity contribution in [2.45, 2.75) is 32.5 Å². The number of hydrogen-bond donors (Lipinski definition) is 1. The molecule has 0 aromatic carbocycles. The average Bonchev–Trinajstić information content (AvgIpc) is 1.85. The van der Waals surface area contributed by atoms with E-state index in [9.17, 15) is 5.11 Å². The van der Waals surface area contributed by atoms with Gasteiger partial charge in [0.05, 0.1) is 12.7 Å². The molecule has 0 aromatic heterocycles. The zero-order valence-electron chi connectivity index (χ0n) is 6.72. The molecule has 0 fully saturated rings. The number of rotatable bonds is 3. The Kier molecular flexibility index (Phi) is 3.41. The predicted molar refractivity (Wildman–Crippen MR) is 40.5 cm³/mol. The number of aliphatic hydroxyl groups is 1. The summed E-state index contributed by atoms with van der Waals surface area (Å²) >= 11 is 0. The van der Waals surface area contributed by atoms with Crippen LogP contribution in [0.1, 0.15) is 20.8 Å². The Morgan fingerprint density at radius 3 is 2.50 bits per heavy atom. The van der Waals surface area contributed by atoms with Gasteiger partial charge in [-0.1, -0.05) is 5.92 Å². The second-order valence-electron chi connectivity index (χ2n) is 2.78. The van der Waals surface area contributed by atoms with E-state index in [-0.39, 0.29) is 12.7 Å². The van der Waals surface area contributed by atoms with Crippen LogP contribution >= 0.6 is 0 Å². The lowest BCUT2D eigenvalue weighted by Crippen LogP contribution is -2.29. The molecule has 0 rings (SSSR count). The molecule has 0 aliphatic carbocycles. The van der Waals surface area contributed by atoms with E-state index in [4.69, 9.17) is 11.2 Å². The Morgan fingerprint density at radius 2 is 2.20 bits per heavy atom. The quantitative estimate of drug-likeness (QED) is 0.590. The molecular weight excluding hydrogens is 128 g/mol. The molecule has 0 radical (unpaired) electrons. The van der Waals surface area contributed by atoms with Crippen molar-refractivity contribution in [1.29, 1.82) is 0 Å². The van der Waals surface area contributed by atoms with Gasteiger partial charge in [-0.05, 0) is 20.8 Å². The number of hydrogen-bond acceptors (Lipinski definition) is 2. The van der Waals surface area contributed by atoms with Crippen LogP contribution in [0.4, 0.5) is 0 Å². The third-order valence-corrected chi connectivity index (χ3v) is 1.01. The van der Waals surface area contributed by atoms with Crippen molar-refractivity contribution >= 4 is 0 Å². The Hall–Kier alpha value is -0.520. The molecule has 0 aromatic rings. The maximum atomic E-state index is 9.21. The van der Waals surface area contributed by atoms with Gasteiger partial charge in [0.1, 0.15) is 5.60 Å². The summed E-state index contributed by atoms with van der Waals surface area (Å²) in [5, 5.41) is 9.21. The zero-order chi connectivity index (χ0) is 8.20. The molecule has 0 amide bonds. The van der Waals surface area contributed by atoms with Gasteiger partial charge >= 0.3 is 0 Å². The Bertz CT molecular complexity index is 131. The zero-order valence-corrected chi connectivity index (χ0v) is 6.72. The van der Waals surface area contributed by atoms with Crippen LogP contribution < -0.4 is 0 Å². The molecular formula is C8H14O2. The van der Waals surface area contributed by atoms with E-state index >= 15 is 0 Å². The second-order valence-corrected chi connectivity index (χ2v) is 2.78. The minimum Gasteiger partial charge on any atom is -0.375 e. The van der Waals surface area contributed by atoms with Crippen molar-refractivity contribution in [2.75, 3.05) is 6.61 Å². The fraction of sp³-hybridized carbons (Fsp3) is 0.750. The topological polar surface area (TPSA) is 29.5 Å². The average molecular weight is 142 g/mol. The van der Waals surface area contributed by atoms with Crippen molar-refractivity contribution in [1.82, 2.24) is 0 Å². The molecule has 1 N–H and O–H groups in total. The molecule has 0 aliphatic heterocycles. The predicted octanol–water partition coefficient (Wildman–Crippen LogP) is 0.796. The van der Waals surface area contributed by atoms with Crippen LogP contribution in [0, 0.1) is 12.3 Å². The van der Waals surface area contributed by atoms with Gasteiger partial charge in [-0.3, -0.25) is 0 Å². The lowest BCUT2D eigenvalue weighted by atomic mass is 10.1. The van der Waals surface area contributed by atoms with E-state index in [1.165, 1.54) is 0 Å². The smallest absolute Gasteiger partial charge is 0.145 e. The third-order valence-electron chi connectivity index (χ3n) is 1.01. The first kappa shape index (κ1) is 9.48. The van der Waals surface area contributed by atoms with Gasteiger partial charge < -0.3 is 9.84 Å². The molecule has 2 heteroatoms. The fourth-order valence-electron chi connectivity index (χ4n) is 0.371.